The number of nitrogens with one attached hydrogen (secondary N) is 2. The van der Waals surface area contributed by atoms with Crippen molar-refractivity contribution in [2.75, 3.05) is 11.9 Å². The Morgan fingerprint density at radius 3 is 2.50 bits per heavy atom. The van der Waals surface area contributed by atoms with Crippen LogP contribution in [0.15, 0.2) is 42.5 Å². The summed E-state index contributed by atoms with van der Waals surface area (Å²) in [6, 6.07) is 9.85. The molecule has 0 aliphatic carbocycles. The first-order valence-corrected chi connectivity index (χ1v) is 7.00. The lowest BCUT2D eigenvalue weighted by Gasteiger charge is -2.07. The first kappa shape index (κ1) is 16.3. The molecular formula is C15H11Cl2FN2O2. The summed E-state index contributed by atoms with van der Waals surface area (Å²) >= 11 is 11.6. The van der Waals surface area contributed by atoms with Crippen molar-refractivity contribution in [3.05, 3.63) is 63.9 Å². The third-order valence-corrected chi connectivity index (χ3v) is 3.44. The van der Waals surface area contributed by atoms with Gasteiger partial charge in [0.25, 0.3) is 5.91 Å². The van der Waals surface area contributed by atoms with Crippen molar-refractivity contribution in [1.29, 1.82) is 0 Å². The van der Waals surface area contributed by atoms with Crippen LogP contribution in [0.1, 0.15) is 10.4 Å². The average molecular weight is 341 g/mol. The smallest absolute Gasteiger partial charge is 0.251 e. The number of benzene rings is 2. The first-order valence-electron chi connectivity index (χ1n) is 6.24. The van der Waals surface area contributed by atoms with Gasteiger partial charge in [-0.25, -0.2) is 4.39 Å². The molecule has 0 aromatic heterocycles. The molecule has 2 amide bonds. The van der Waals surface area contributed by atoms with Crippen LogP contribution in [0.2, 0.25) is 10.0 Å². The lowest BCUT2D eigenvalue weighted by molar-refractivity contribution is -0.115. The second-order valence-electron chi connectivity index (χ2n) is 4.37. The molecule has 7 heteroatoms. The van der Waals surface area contributed by atoms with E-state index in [2.05, 4.69) is 10.6 Å². The molecule has 2 aromatic carbocycles. The van der Waals surface area contributed by atoms with E-state index < -0.39 is 17.6 Å². The number of anilines is 1. The quantitative estimate of drug-likeness (QED) is 0.894. The maximum Gasteiger partial charge on any atom is 0.251 e. The van der Waals surface area contributed by atoms with Crippen molar-refractivity contribution < 1.29 is 14.0 Å². The second kappa shape index (κ2) is 7.24. The van der Waals surface area contributed by atoms with E-state index in [9.17, 15) is 14.0 Å². The molecule has 4 nitrogen and oxygen atoms in total. The normalized spacial score (nSPS) is 10.1. The van der Waals surface area contributed by atoms with Crippen molar-refractivity contribution in [1.82, 2.24) is 5.32 Å². The van der Waals surface area contributed by atoms with Crippen LogP contribution in [-0.2, 0) is 4.79 Å². The molecule has 0 aliphatic rings. The van der Waals surface area contributed by atoms with Gasteiger partial charge in [-0.05, 0) is 36.4 Å². The zero-order chi connectivity index (χ0) is 16.1. The lowest BCUT2D eigenvalue weighted by atomic mass is 10.2. The third kappa shape index (κ3) is 4.44. The van der Waals surface area contributed by atoms with E-state index in [-0.39, 0.29) is 17.1 Å². The number of hydrogen-bond donors (Lipinski definition) is 2. The van der Waals surface area contributed by atoms with Gasteiger partial charge in [-0.2, -0.15) is 0 Å². The molecule has 0 saturated heterocycles. The molecule has 0 aliphatic heterocycles. The molecular weight excluding hydrogens is 330 g/mol. The fraction of sp³-hybridized carbons (Fsp3) is 0.0667. The molecule has 2 rings (SSSR count). The molecule has 22 heavy (non-hydrogen) atoms. The largest absolute Gasteiger partial charge is 0.343 e. The minimum absolute atomic E-state index is 0.249. The van der Waals surface area contributed by atoms with Crippen molar-refractivity contribution in [2.24, 2.45) is 0 Å². The van der Waals surface area contributed by atoms with Gasteiger partial charge in [0.05, 0.1) is 16.6 Å². The summed E-state index contributed by atoms with van der Waals surface area (Å²) in [7, 11) is 0. The van der Waals surface area contributed by atoms with Crippen LogP contribution in [0.25, 0.3) is 0 Å². The van der Waals surface area contributed by atoms with Crippen LogP contribution in [0.4, 0.5) is 10.1 Å². The zero-order valence-corrected chi connectivity index (χ0v) is 12.7. The van der Waals surface area contributed by atoms with Gasteiger partial charge in [-0.3, -0.25) is 9.59 Å². The Morgan fingerprint density at radius 1 is 1.05 bits per heavy atom. The predicted molar refractivity (Wildman–Crippen MR) is 83.8 cm³/mol. The minimum atomic E-state index is -0.473. The highest BCUT2D eigenvalue weighted by Gasteiger charge is 2.10. The SMILES string of the molecule is O=C(CNC(=O)c1ccc(Cl)c(Cl)c1)Nc1cccc(F)c1. The fourth-order valence-electron chi connectivity index (χ4n) is 1.67. The van der Waals surface area contributed by atoms with Gasteiger partial charge >= 0.3 is 0 Å². The van der Waals surface area contributed by atoms with Crippen LogP contribution in [0.3, 0.4) is 0 Å². The highest BCUT2D eigenvalue weighted by atomic mass is 35.5. The fourth-order valence-corrected chi connectivity index (χ4v) is 1.97. The number of halogens is 3. The molecule has 0 unspecified atom stereocenters. The molecule has 0 spiro atoms. The lowest BCUT2D eigenvalue weighted by Crippen LogP contribution is -2.32. The Labute approximate surface area is 136 Å². The Kier molecular flexibility index (Phi) is 5.35. The van der Waals surface area contributed by atoms with Crippen molar-refractivity contribution in [3.8, 4) is 0 Å². The molecule has 2 N–H and O–H groups in total. The first-order chi connectivity index (χ1) is 10.5. The summed E-state index contributed by atoms with van der Waals surface area (Å²) in [4.78, 5) is 23.6. The molecule has 114 valence electrons. The molecule has 0 bridgehead atoms. The average Bonchev–Trinajstić information content (AvgIpc) is 2.47. The van der Waals surface area contributed by atoms with Gasteiger partial charge in [-0.15, -0.1) is 0 Å². The summed E-state index contributed by atoms with van der Waals surface area (Å²) in [5, 5.41) is 5.49. The molecule has 0 radical (unpaired) electrons. The topological polar surface area (TPSA) is 58.2 Å². The van der Waals surface area contributed by atoms with E-state index in [1.807, 2.05) is 0 Å². The molecule has 0 atom stereocenters. The van der Waals surface area contributed by atoms with E-state index in [1.165, 1.54) is 36.4 Å². The van der Waals surface area contributed by atoms with Crippen molar-refractivity contribution in [3.63, 3.8) is 0 Å². The number of carbonyl (C=O) groups excluding carboxylic acids is 2. The van der Waals surface area contributed by atoms with Crippen LogP contribution in [-0.4, -0.2) is 18.4 Å². The molecule has 2 aromatic rings. The van der Waals surface area contributed by atoms with E-state index >= 15 is 0 Å². The Morgan fingerprint density at radius 2 is 1.82 bits per heavy atom. The van der Waals surface area contributed by atoms with Gasteiger partial charge in [0.15, 0.2) is 0 Å². The van der Waals surface area contributed by atoms with Crippen LogP contribution < -0.4 is 10.6 Å². The summed E-state index contributed by atoms with van der Waals surface area (Å²) in [5.41, 5.74) is 0.599. The van der Waals surface area contributed by atoms with Gasteiger partial charge < -0.3 is 10.6 Å². The van der Waals surface area contributed by atoms with E-state index in [1.54, 1.807) is 6.07 Å². The van der Waals surface area contributed by atoms with E-state index in [4.69, 9.17) is 23.2 Å². The summed E-state index contributed by atoms with van der Waals surface area (Å²) in [5.74, 6) is -1.40. The number of amides is 2. The summed E-state index contributed by atoms with van der Waals surface area (Å²) < 4.78 is 13.0. The summed E-state index contributed by atoms with van der Waals surface area (Å²) in [6.45, 7) is -0.254. The highest BCUT2D eigenvalue weighted by molar-refractivity contribution is 6.42. The minimum Gasteiger partial charge on any atom is -0.343 e. The molecule has 0 fully saturated rings. The Bertz CT molecular complexity index is 722. The monoisotopic (exact) mass is 340 g/mol. The molecule has 0 saturated carbocycles. The van der Waals surface area contributed by atoms with Gasteiger partial charge in [0, 0.05) is 11.3 Å². The maximum atomic E-state index is 13.0. The van der Waals surface area contributed by atoms with E-state index in [0.29, 0.717) is 10.7 Å². The number of rotatable bonds is 4. The Balaban J connectivity index is 1.90. The third-order valence-electron chi connectivity index (χ3n) is 2.70. The standard InChI is InChI=1S/C15H11Cl2FN2O2/c16-12-5-4-9(6-13(12)17)15(22)19-8-14(21)20-11-3-1-2-10(18)7-11/h1-7H,8H2,(H,19,22)(H,20,21). The zero-order valence-electron chi connectivity index (χ0n) is 11.2. The van der Waals surface area contributed by atoms with Crippen LogP contribution in [0, 0.1) is 5.82 Å². The van der Waals surface area contributed by atoms with Crippen molar-refractivity contribution >= 4 is 40.7 Å². The summed E-state index contributed by atoms with van der Waals surface area (Å²) in [6.07, 6.45) is 0. The van der Waals surface area contributed by atoms with Crippen LogP contribution >= 0.6 is 23.2 Å². The van der Waals surface area contributed by atoms with Crippen molar-refractivity contribution in [2.45, 2.75) is 0 Å². The van der Waals surface area contributed by atoms with Crippen LogP contribution in [0.5, 0.6) is 0 Å². The van der Waals surface area contributed by atoms with Gasteiger partial charge in [0.1, 0.15) is 5.82 Å². The number of carbonyl (C=O) groups is 2. The maximum absolute atomic E-state index is 13.0. The Hall–Kier alpha value is -2.11. The van der Waals surface area contributed by atoms with E-state index in [0.717, 1.165) is 0 Å². The second-order valence-corrected chi connectivity index (χ2v) is 5.18. The molecule has 0 heterocycles. The highest BCUT2D eigenvalue weighted by Crippen LogP contribution is 2.22. The van der Waals surface area contributed by atoms with Gasteiger partial charge in [0.2, 0.25) is 5.91 Å². The predicted octanol–water partition coefficient (Wildman–Crippen LogP) is 3.50. The number of hydrogen-bond acceptors (Lipinski definition) is 2. The van der Waals surface area contributed by atoms with Gasteiger partial charge in [-0.1, -0.05) is 29.3 Å².